The summed E-state index contributed by atoms with van der Waals surface area (Å²) in [4.78, 5) is 8.20. The predicted octanol–water partition coefficient (Wildman–Crippen LogP) is 1.56. The van der Waals surface area contributed by atoms with Crippen molar-refractivity contribution in [1.82, 2.24) is 9.97 Å². The Bertz CT molecular complexity index is 303. The zero-order chi connectivity index (χ0) is 9.97. The van der Waals surface area contributed by atoms with Crippen LogP contribution in [-0.4, -0.2) is 27.2 Å². The molecule has 0 radical (unpaired) electrons. The summed E-state index contributed by atoms with van der Waals surface area (Å²) in [6.07, 6.45) is 6.00. The third kappa shape index (κ3) is 2.22. The zero-order valence-corrected chi connectivity index (χ0v) is 9.24. The second kappa shape index (κ2) is 4.23. The van der Waals surface area contributed by atoms with Crippen LogP contribution in [0.3, 0.4) is 0 Å². The van der Waals surface area contributed by atoms with Gasteiger partial charge in [0.15, 0.2) is 0 Å². The summed E-state index contributed by atoms with van der Waals surface area (Å²) in [5.41, 5.74) is 0. The molecule has 4 nitrogen and oxygen atoms in total. The van der Waals surface area contributed by atoms with Crippen LogP contribution in [0.1, 0.15) is 19.3 Å². The summed E-state index contributed by atoms with van der Waals surface area (Å²) < 4.78 is 0.718. The van der Waals surface area contributed by atoms with Crippen LogP contribution in [-0.2, 0) is 0 Å². The summed E-state index contributed by atoms with van der Waals surface area (Å²) in [6.45, 7) is 0. The molecule has 1 saturated carbocycles. The van der Waals surface area contributed by atoms with Crippen molar-refractivity contribution in [3.63, 3.8) is 0 Å². The first-order chi connectivity index (χ1) is 6.75. The minimum atomic E-state index is -0.250. The van der Waals surface area contributed by atoms with Crippen molar-refractivity contribution in [1.29, 1.82) is 0 Å². The van der Waals surface area contributed by atoms with E-state index in [0.717, 1.165) is 29.7 Å². The molecule has 2 rings (SSSR count). The summed E-state index contributed by atoms with van der Waals surface area (Å²) in [5, 5.41) is 12.8. The van der Waals surface area contributed by atoms with Crippen molar-refractivity contribution in [3.8, 4) is 0 Å². The van der Waals surface area contributed by atoms with E-state index in [1.807, 2.05) is 0 Å². The number of nitrogens with one attached hydrogen (secondary N) is 1. The zero-order valence-electron chi connectivity index (χ0n) is 7.65. The van der Waals surface area contributed by atoms with Gasteiger partial charge in [0, 0.05) is 0 Å². The van der Waals surface area contributed by atoms with Gasteiger partial charge in [-0.15, -0.1) is 0 Å². The SMILES string of the molecule is OC1CCCC1Nc1cnc(Br)cn1. The van der Waals surface area contributed by atoms with Crippen LogP contribution in [0.25, 0.3) is 0 Å². The monoisotopic (exact) mass is 257 g/mol. The molecule has 0 bridgehead atoms. The lowest BCUT2D eigenvalue weighted by Crippen LogP contribution is -2.28. The molecule has 2 atom stereocenters. The molecule has 2 unspecified atom stereocenters. The van der Waals surface area contributed by atoms with Gasteiger partial charge in [-0.3, -0.25) is 0 Å². The van der Waals surface area contributed by atoms with Gasteiger partial charge < -0.3 is 10.4 Å². The van der Waals surface area contributed by atoms with Crippen LogP contribution in [0, 0.1) is 0 Å². The van der Waals surface area contributed by atoms with Crippen molar-refractivity contribution < 1.29 is 5.11 Å². The van der Waals surface area contributed by atoms with Gasteiger partial charge in [-0.25, -0.2) is 9.97 Å². The fraction of sp³-hybridized carbons (Fsp3) is 0.556. The van der Waals surface area contributed by atoms with Gasteiger partial charge in [0.05, 0.1) is 24.5 Å². The molecule has 1 fully saturated rings. The fourth-order valence-electron chi connectivity index (χ4n) is 1.69. The van der Waals surface area contributed by atoms with E-state index in [0.29, 0.717) is 0 Å². The average Bonchev–Trinajstić information content (AvgIpc) is 2.56. The number of aliphatic hydroxyl groups is 1. The Morgan fingerprint density at radius 2 is 2.21 bits per heavy atom. The maximum absolute atomic E-state index is 9.58. The van der Waals surface area contributed by atoms with E-state index in [1.165, 1.54) is 0 Å². The molecule has 0 spiro atoms. The first kappa shape index (κ1) is 9.86. The molecule has 0 aromatic carbocycles. The number of halogens is 1. The van der Waals surface area contributed by atoms with E-state index < -0.39 is 0 Å². The Balaban J connectivity index is 2.00. The molecule has 1 aromatic heterocycles. The number of rotatable bonds is 2. The second-order valence-electron chi connectivity index (χ2n) is 3.47. The highest BCUT2D eigenvalue weighted by Gasteiger charge is 2.25. The smallest absolute Gasteiger partial charge is 0.144 e. The van der Waals surface area contributed by atoms with Crippen LogP contribution in [0.2, 0.25) is 0 Å². The van der Waals surface area contributed by atoms with Gasteiger partial charge in [-0.1, -0.05) is 0 Å². The van der Waals surface area contributed by atoms with Crippen molar-refractivity contribution >= 4 is 21.7 Å². The number of hydrogen-bond donors (Lipinski definition) is 2. The van der Waals surface area contributed by atoms with E-state index in [4.69, 9.17) is 0 Å². The molecule has 14 heavy (non-hydrogen) atoms. The van der Waals surface area contributed by atoms with Crippen LogP contribution >= 0.6 is 15.9 Å². The minimum absolute atomic E-state index is 0.130. The Labute approximate surface area is 90.9 Å². The fourth-order valence-corrected chi connectivity index (χ4v) is 1.89. The molecule has 1 heterocycles. The van der Waals surface area contributed by atoms with E-state index in [1.54, 1.807) is 12.4 Å². The highest BCUT2D eigenvalue weighted by Crippen LogP contribution is 2.21. The summed E-state index contributed by atoms with van der Waals surface area (Å²) >= 11 is 3.22. The molecule has 1 aromatic rings. The van der Waals surface area contributed by atoms with Crippen molar-refractivity contribution in [2.45, 2.75) is 31.4 Å². The van der Waals surface area contributed by atoms with Gasteiger partial charge in [0.25, 0.3) is 0 Å². The highest BCUT2D eigenvalue weighted by atomic mass is 79.9. The molecule has 1 aliphatic rings. The molecule has 0 saturated heterocycles. The third-order valence-electron chi connectivity index (χ3n) is 2.43. The van der Waals surface area contributed by atoms with Crippen molar-refractivity contribution in [2.75, 3.05) is 5.32 Å². The lowest BCUT2D eigenvalue weighted by Gasteiger charge is -2.16. The average molecular weight is 258 g/mol. The van der Waals surface area contributed by atoms with Crippen molar-refractivity contribution in [3.05, 3.63) is 17.0 Å². The Morgan fingerprint density at radius 3 is 2.79 bits per heavy atom. The van der Waals surface area contributed by atoms with Crippen LogP contribution in [0.15, 0.2) is 17.0 Å². The van der Waals surface area contributed by atoms with E-state index in [2.05, 4.69) is 31.2 Å². The number of anilines is 1. The lowest BCUT2D eigenvalue weighted by molar-refractivity contribution is 0.171. The number of hydrogen-bond acceptors (Lipinski definition) is 4. The lowest BCUT2D eigenvalue weighted by atomic mass is 10.2. The molecule has 76 valence electrons. The van der Waals surface area contributed by atoms with E-state index >= 15 is 0 Å². The normalized spacial score (nSPS) is 26.4. The molecule has 0 aliphatic heterocycles. The van der Waals surface area contributed by atoms with Gasteiger partial charge in [0.1, 0.15) is 10.4 Å². The van der Waals surface area contributed by atoms with Gasteiger partial charge in [0.2, 0.25) is 0 Å². The third-order valence-corrected chi connectivity index (χ3v) is 2.84. The summed E-state index contributed by atoms with van der Waals surface area (Å²) in [6, 6.07) is 0.130. The largest absolute Gasteiger partial charge is 0.391 e. The summed E-state index contributed by atoms with van der Waals surface area (Å²) in [7, 11) is 0. The maximum Gasteiger partial charge on any atom is 0.144 e. The quantitative estimate of drug-likeness (QED) is 0.845. The minimum Gasteiger partial charge on any atom is -0.391 e. The van der Waals surface area contributed by atoms with Crippen LogP contribution < -0.4 is 5.32 Å². The second-order valence-corrected chi connectivity index (χ2v) is 4.29. The molecule has 1 aliphatic carbocycles. The van der Waals surface area contributed by atoms with Gasteiger partial charge in [-0.2, -0.15) is 0 Å². The molecule has 5 heteroatoms. The molecule has 2 N–H and O–H groups in total. The topological polar surface area (TPSA) is 58.0 Å². The van der Waals surface area contributed by atoms with Crippen LogP contribution in [0.5, 0.6) is 0 Å². The molecule has 0 amide bonds. The maximum atomic E-state index is 9.58. The van der Waals surface area contributed by atoms with Gasteiger partial charge >= 0.3 is 0 Å². The number of aromatic nitrogens is 2. The van der Waals surface area contributed by atoms with E-state index in [-0.39, 0.29) is 12.1 Å². The number of nitrogens with zero attached hydrogens (tertiary/aromatic N) is 2. The Morgan fingerprint density at radius 1 is 1.36 bits per heavy atom. The molecular weight excluding hydrogens is 246 g/mol. The summed E-state index contributed by atoms with van der Waals surface area (Å²) in [5.74, 6) is 0.721. The van der Waals surface area contributed by atoms with E-state index in [9.17, 15) is 5.11 Å². The van der Waals surface area contributed by atoms with Crippen LogP contribution in [0.4, 0.5) is 5.82 Å². The predicted molar refractivity (Wildman–Crippen MR) is 57.0 cm³/mol. The molecular formula is C9H12BrN3O. The van der Waals surface area contributed by atoms with Crippen molar-refractivity contribution in [2.24, 2.45) is 0 Å². The standard InChI is InChI=1S/C9H12BrN3O/c10-8-4-12-9(5-11-8)13-6-2-1-3-7(6)14/h4-7,14H,1-3H2,(H,12,13). The Hall–Kier alpha value is -0.680. The first-order valence-corrected chi connectivity index (χ1v) is 5.47. The Kier molecular flexibility index (Phi) is 2.98. The first-order valence-electron chi connectivity index (χ1n) is 4.68. The number of aliphatic hydroxyl groups excluding tert-OH is 1. The van der Waals surface area contributed by atoms with Gasteiger partial charge in [-0.05, 0) is 35.2 Å². The highest BCUT2D eigenvalue weighted by molar-refractivity contribution is 9.10.